The third-order valence-electron chi connectivity index (χ3n) is 7.93. The molecule has 2 aromatic heterocycles. The van der Waals surface area contributed by atoms with Gasteiger partial charge in [0.1, 0.15) is 27.8 Å². The lowest BCUT2D eigenvalue weighted by Crippen LogP contribution is -2.36. The fourth-order valence-corrected chi connectivity index (χ4v) is 7.06. The minimum absolute atomic E-state index is 0.0367. The second-order valence-corrected chi connectivity index (χ2v) is 12.4. The topological polar surface area (TPSA) is 137 Å². The van der Waals surface area contributed by atoms with Crippen molar-refractivity contribution in [2.24, 2.45) is 0 Å². The summed E-state index contributed by atoms with van der Waals surface area (Å²) in [4.78, 5) is 16.4. The molecule has 4 aromatic rings. The van der Waals surface area contributed by atoms with E-state index in [1.165, 1.54) is 16.6 Å². The van der Waals surface area contributed by atoms with Crippen molar-refractivity contribution in [3.05, 3.63) is 70.4 Å². The van der Waals surface area contributed by atoms with Gasteiger partial charge in [-0.25, -0.2) is 18.1 Å². The molecule has 5 rings (SSSR count). The Kier molecular flexibility index (Phi) is 8.20. The zero-order chi connectivity index (χ0) is 30.2. The first-order valence-corrected chi connectivity index (χ1v) is 15.4. The molecule has 0 fully saturated rings. The van der Waals surface area contributed by atoms with Crippen molar-refractivity contribution >= 4 is 27.0 Å². The Labute approximate surface area is 245 Å². The molecule has 222 valence electrons. The third kappa shape index (κ3) is 5.32. The predicted molar refractivity (Wildman–Crippen MR) is 156 cm³/mol. The van der Waals surface area contributed by atoms with Crippen molar-refractivity contribution in [2.75, 3.05) is 13.7 Å². The lowest BCUT2D eigenvalue weighted by Gasteiger charge is -2.25. The number of fused-ring (bicyclic) bond motifs is 2. The molecule has 1 unspecified atom stereocenters. The number of hydrogen-bond donors (Lipinski definition) is 1. The van der Waals surface area contributed by atoms with E-state index in [1.54, 1.807) is 17.9 Å². The van der Waals surface area contributed by atoms with Crippen LogP contribution in [0.2, 0.25) is 0 Å². The summed E-state index contributed by atoms with van der Waals surface area (Å²) in [5.74, 6) is -0.823. The number of ether oxygens (including phenoxy) is 2. The van der Waals surface area contributed by atoms with Crippen LogP contribution in [0.1, 0.15) is 60.4 Å². The van der Waals surface area contributed by atoms with E-state index in [0.29, 0.717) is 24.2 Å². The molecule has 1 aliphatic rings. The maximum Gasteiger partial charge on any atom is 0.304 e. The highest BCUT2D eigenvalue weighted by molar-refractivity contribution is 7.89. The number of pyridine rings is 1. The standard InChI is InChI=1S/C30H35N5O6S/c1-6-22-17-34(42(38,39)26-9-8-12-31-30(26)41-22)16-21-13-20(11-10-18(21)3)24(15-27(36)37)23-14-25(40-5)29-28(19(23)4)32-33-35(29)7-2/h8-14,22,24H,6-7,15-17H2,1-5H3,(H,36,37)/t22-,24?/m1/s1. The molecule has 1 aliphatic heterocycles. The minimum atomic E-state index is -3.90. The first-order valence-electron chi connectivity index (χ1n) is 13.9. The van der Waals surface area contributed by atoms with Crippen LogP contribution in [0.4, 0.5) is 0 Å². The summed E-state index contributed by atoms with van der Waals surface area (Å²) in [5, 5.41) is 18.6. The molecular weight excluding hydrogens is 558 g/mol. The van der Waals surface area contributed by atoms with Crippen LogP contribution in [0.25, 0.3) is 11.0 Å². The van der Waals surface area contributed by atoms with Crippen LogP contribution in [-0.4, -0.2) is 63.5 Å². The van der Waals surface area contributed by atoms with E-state index in [-0.39, 0.29) is 36.4 Å². The summed E-state index contributed by atoms with van der Waals surface area (Å²) in [7, 11) is -2.34. The van der Waals surface area contributed by atoms with Gasteiger partial charge >= 0.3 is 5.97 Å². The van der Waals surface area contributed by atoms with E-state index in [0.717, 1.165) is 33.3 Å². The third-order valence-corrected chi connectivity index (χ3v) is 9.76. The zero-order valence-corrected chi connectivity index (χ0v) is 25.2. The lowest BCUT2D eigenvalue weighted by atomic mass is 9.84. The van der Waals surface area contributed by atoms with Gasteiger partial charge in [-0.05, 0) is 73.2 Å². The van der Waals surface area contributed by atoms with Gasteiger partial charge in [-0.15, -0.1) is 5.10 Å². The number of carboxylic acids is 1. The number of sulfonamides is 1. The summed E-state index contributed by atoms with van der Waals surface area (Å²) < 4.78 is 42.4. The fourth-order valence-electron chi connectivity index (χ4n) is 5.54. The molecule has 11 nitrogen and oxygen atoms in total. The Balaban J connectivity index is 1.59. The van der Waals surface area contributed by atoms with E-state index in [2.05, 4.69) is 15.3 Å². The monoisotopic (exact) mass is 593 g/mol. The largest absolute Gasteiger partial charge is 0.494 e. The van der Waals surface area contributed by atoms with Crippen molar-refractivity contribution in [1.82, 2.24) is 24.3 Å². The molecule has 1 N–H and O–H groups in total. The molecule has 42 heavy (non-hydrogen) atoms. The molecule has 0 aliphatic carbocycles. The second kappa shape index (κ2) is 11.7. The zero-order valence-electron chi connectivity index (χ0n) is 24.4. The highest BCUT2D eigenvalue weighted by atomic mass is 32.2. The van der Waals surface area contributed by atoms with Gasteiger partial charge < -0.3 is 14.6 Å². The van der Waals surface area contributed by atoms with Gasteiger partial charge in [0, 0.05) is 25.2 Å². The van der Waals surface area contributed by atoms with Crippen LogP contribution in [0.5, 0.6) is 11.6 Å². The van der Waals surface area contributed by atoms with Crippen LogP contribution >= 0.6 is 0 Å². The summed E-state index contributed by atoms with van der Waals surface area (Å²) in [5.41, 5.74) is 5.42. The normalized spacial score (nSPS) is 17.3. The average molecular weight is 594 g/mol. The molecule has 3 heterocycles. The van der Waals surface area contributed by atoms with E-state index < -0.39 is 21.9 Å². The second-order valence-electron chi connectivity index (χ2n) is 10.5. The highest BCUT2D eigenvalue weighted by Gasteiger charge is 2.35. The molecule has 12 heteroatoms. The van der Waals surface area contributed by atoms with Crippen LogP contribution in [0.3, 0.4) is 0 Å². The van der Waals surface area contributed by atoms with Crippen LogP contribution in [0, 0.1) is 13.8 Å². The van der Waals surface area contributed by atoms with Gasteiger partial charge in [0.2, 0.25) is 15.9 Å². The number of aliphatic carboxylic acids is 1. The fraction of sp³-hybridized carbons (Fsp3) is 0.400. The van der Waals surface area contributed by atoms with Crippen LogP contribution in [-0.2, 0) is 27.9 Å². The van der Waals surface area contributed by atoms with Gasteiger partial charge in [0.15, 0.2) is 0 Å². The van der Waals surface area contributed by atoms with Crippen molar-refractivity contribution in [2.45, 2.75) is 70.5 Å². The van der Waals surface area contributed by atoms with E-state index in [1.807, 2.05) is 52.0 Å². The van der Waals surface area contributed by atoms with Crippen LogP contribution < -0.4 is 9.47 Å². The molecule has 2 aromatic carbocycles. The maximum absolute atomic E-state index is 13.8. The van der Waals surface area contributed by atoms with Crippen LogP contribution in [0.15, 0.2) is 47.5 Å². The van der Waals surface area contributed by atoms with E-state index in [9.17, 15) is 18.3 Å². The number of hydrogen-bond acceptors (Lipinski definition) is 8. The summed E-state index contributed by atoms with van der Waals surface area (Å²) in [6, 6.07) is 10.7. The molecule has 0 spiro atoms. The number of nitrogens with zero attached hydrogens (tertiary/aromatic N) is 5. The number of rotatable bonds is 9. The minimum Gasteiger partial charge on any atom is -0.494 e. The van der Waals surface area contributed by atoms with Crippen molar-refractivity contribution in [1.29, 1.82) is 0 Å². The number of aryl methyl sites for hydroxylation is 3. The number of methoxy groups -OCH3 is 1. The smallest absolute Gasteiger partial charge is 0.304 e. The SMILES string of the molecule is CC[C@@H]1CN(Cc2cc(C(CC(=O)O)c3cc(OC)c4c(nnn4CC)c3C)ccc2C)S(=O)(=O)c2cccnc2O1. The Morgan fingerprint density at radius 2 is 2.00 bits per heavy atom. The Bertz CT molecular complexity index is 1750. The van der Waals surface area contributed by atoms with Gasteiger partial charge in [0.25, 0.3) is 0 Å². The first-order chi connectivity index (χ1) is 20.1. The molecule has 0 radical (unpaired) electrons. The summed E-state index contributed by atoms with van der Waals surface area (Å²) >= 11 is 0. The van der Waals surface area contributed by atoms with Gasteiger partial charge in [-0.1, -0.05) is 30.3 Å². The number of carbonyl (C=O) groups is 1. The van der Waals surface area contributed by atoms with Gasteiger partial charge in [-0.3, -0.25) is 4.79 Å². The van der Waals surface area contributed by atoms with E-state index >= 15 is 0 Å². The molecule has 0 saturated heterocycles. The van der Waals surface area contributed by atoms with Crippen molar-refractivity contribution in [3.63, 3.8) is 0 Å². The Morgan fingerprint density at radius 3 is 2.69 bits per heavy atom. The molecule has 0 bridgehead atoms. The first kappa shape index (κ1) is 29.5. The Hall–Kier alpha value is -4.03. The van der Waals surface area contributed by atoms with E-state index in [4.69, 9.17) is 9.47 Å². The summed E-state index contributed by atoms with van der Waals surface area (Å²) in [6.45, 7) is 8.61. The van der Waals surface area contributed by atoms with Crippen molar-refractivity contribution < 1.29 is 27.8 Å². The maximum atomic E-state index is 13.8. The van der Waals surface area contributed by atoms with Gasteiger partial charge in [-0.2, -0.15) is 4.31 Å². The molecule has 0 saturated carbocycles. The number of aromatic nitrogens is 4. The molecule has 0 amide bonds. The molecular formula is C30H35N5O6S. The Morgan fingerprint density at radius 1 is 1.21 bits per heavy atom. The quantitative estimate of drug-likeness (QED) is 0.299. The predicted octanol–water partition coefficient (Wildman–Crippen LogP) is 4.44. The van der Waals surface area contributed by atoms with Crippen molar-refractivity contribution in [3.8, 4) is 11.6 Å². The highest BCUT2D eigenvalue weighted by Crippen LogP contribution is 2.39. The van der Waals surface area contributed by atoms with Gasteiger partial charge in [0.05, 0.1) is 20.1 Å². The number of carboxylic acid groups (broad SMARTS) is 1. The number of benzene rings is 2. The summed E-state index contributed by atoms with van der Waals surface area (Å²) in [6.07, 6.45) is 1.59. The average Bonchev–Trinajstić information content (AvgIpc) is 3.37. The lowest BCUT2D eigenvalue weighted by molar-refractivity contribution is -0.137. The molecule has 2 atom stereocenters.